The van der Waals surface area contributed by atoms with Gasteiger partial charge in [0.2, 0.25) is 0 Å². The number of rotatable bonds is 6. The molecule has 1 unspecified atom stereocenters. The third-order valence-corrected chi connectivity index (χ3v) is 5.04. The molecule has 6 heteroatoms. The van der Waals surface area contributed by atoms with E-state index in [1.165, 1.54) is 12.8 Å². The van der Waals surface area contributed by atoms with Crippen LogP contribution in [-0.4, -0.2) is 36.5 Å². The first kappa shape index (κ1) is 20.9. The van der Waals surface area contributed by atoms with Crippen LogP contribution in [0.1, 0.15) is 66.9 Å². The van der Waals surface area contributed by atoms with Crippen LogP contribution in [0.3, 0.4) is 0 Å². The average molecular weight is 374 g/mol. The Morgan fingerprint density at radius 2 is 1.74 bits per heavy atom. The Labute approximate surface area is 161 Å². The van der Waals surface area contributed by atoms with Crippen LogP contribution >= 0.6 is 0 Å². The molecule has 0 aliphatic heterocycles. The molecule has 1 saturated carbocycles. The molecule has 0 radical (unpaired) electrons. The monoisotopic (exact) mass is 374 g/mol. The minimum absolute atomic E-state index is 0.158. The van der Waals surface area contributed by atoms with Crippen LogP contribution in [0.2, 0.25) is 0 Å². The van der Waals surface area contributed by atoms with Crippen LogP contribution < -0.4 is 10.6 Å². The predicted octanol–water partition coefficient (Wildman–Crippen LogP) is 2.80. The molecule has 0 saturated heterocycles. The third-order valence-electron chi connectivity index (χ3n) is 5.04. The van der Waals surface area contributed by atoms with E-state index in [-0.39, 0.29) is 24.4 Å². The van der Waals surface area contributed by atoms with E-state index in [0.29, 0.717) is 5.56 Å². The molecule has 1 aromatic carbocycles. The van der Waals surface area contributed by atoms with E-state index in [9.17, 15) is 14.4 Å². The molecule has 6 nitrogen and oxygen atoms in total. The molecule has 2 amide bonds. The molecule has 0 heterocycles. The molecule has 2 rings (SSSR count). The largest absolute Gasteiger partial charge is 0.451 e. The molecule has 1 fully saturated rings. The van der Waals surface area contributed by atoms with Gasteiger partial charge in [-0.3, -0.25) is 14.4 Å². The second kappa shape index (κ2) is 10.1. The van der Waals surface area contributed by atoms with E-state index in [1.54, 1.807) is 19.1 Å². The summed E-state index contributed by atoms with van der Waals surface area (Å²) in [7, 11) is 0. The number of amides is 2. The lowest BCUT2D eigenvalue weighted by atomic mass is 10.1. The first-order chi connectivity index (χ1) is 12.9. The molecule has 0 aromatic heterocycles. The lowest BCUT2D eigenvalue weighted by Crippen LogP contribution is -2.43. The number of hydrogen-bond donors (Lipinski definition) is 2. The molecular formula is C21H30N2O4. The molecule has 27 heavy (non-hydrogen) atoms. The Morgan fingerprint density at radius 1 is 1.07 bits per heavy atom. The van der Waals surface area contributed by atoms with Gasteiger partial charge in [0.05, 0.1) is 0 Å². The maximum atomic E-state index is 12.2. The Kier molecular flexibility index (Phi) is 7.82. The summed E-state index contributed by atoms with van der Waals surface area (Å²) in [5, 5.41) is 5.50. The summed E-state index contributed by atoms with van der Waals surface area (Å²) in [5.41, 5.74) is 2.60. The normalized spacial score (nSPS) is 16.1. The van der Waals surface area contributed by atoms with Gasteiger partial charge in [-0.15, -0.1) is 0 Å². The van der Waals surface area contributed by atoms with Gasteiger partial charge in [-0.1, -0.05) is 31.7 Å². The number of aryl methyl sites for hydroxylation is 2. The van der Waals surface area contributed by atoms with Crippen molar-refractivity contribution in [1.82, 2.24) is 10.6 Å². The van der Waals surface area contributed by atoms with Gasteiger partial charge in [0.25, 0.3) is 11.8 Å². The third kappa shape index (κ3) is 6.70. The van der Waals surface area contributed by atoms with Crippen LogP contribution in [-0.2, 0) is 14.3 Å². The van der Waals surface area contributed by atoms with Gasteiger partial charge in [-0.2, -0.15) is 0 Å². The maximum absolute atomic E-state index is 12.2. The molecule has 0 bridgehead atoms. The van der Waals surface area contributed by atoms with Crippen LogP contribution in [0.4, 0.5) is 0 Å². The molecular weight excluding hydrogens is 344 g/mol. The number of esters is 1. The van der Waals surface area contributed by atoms with Crippen molar-refractivity contribution in [2.24, 2.45) is 0 Å². The predicted molar refractivity (Wildman–Crippen MR) is 103 cm³/mol. The van der Waals surface area contributed by atoms with Gasteiger partial charge in [-0.25, -0.2) is 0 Å². The zero-order chi connectivity index (χ0) is 19.8. The summed E-state index contributed by atoms with van der Waals surface area (Å²) in [4.78, 5) is 36.3. The summed E-state index contributed by atoms with van der Waals surface area (Å²) >= 11 is 0. The fourth-order valence-electron chi connectivity index (χ4n) is 3.17. The summed E-state index contributed by atoms with van der Waals surface area (Å²) in [6.07, 6.45) is 5.71. The SMILES string of the molecule is Cc1ccc(C(=O)NCC(=O)OC(C)C(=O)NC2CCCCCC2)cc1C. The van der Waals surface area contributed by atoms with Crippen molar-refractivity contribution >= 4 is 17.8 Å². The highest BCUT2D eigenvalue weighted by molar-refractivity contribution is 5.96. The van der Waals surface area contributed by atoms with E-state index >= 15 is 0 Å². The molecule has 1 aromatic rings. The number of nitrogens with one attached hydrogen (secondary N) is 2. The Hall–Kier alpha value is -2.37. The van der Waals surface area contributed by atoms with Gasteiger partial charge in [0.1, 0.15) is 6.54 Å². The van der Waals surface area contributed by atoms with E-state index in [1.807, 2.05) is 19.9 Å². The molecule has 1 aliphatic rings. The first-order valence-corrected chi connectivity index (χ1v) is 9.72. The number of benzene rings is 1. The Morgan fingerprint density at radius 3 is 2.37 bits per heavy atom. The van der Waals surface area contributed by atoms with Crippen molar-refractivity contribution in [3.05, 3.63) is 34.9 Å². The van der Waals surface area contributed by atoms with Crippen LogP contribution in [0.15, 0.2) is 18.2 Å². The lowest BCUT2D eigenvalue weighted by Gasteiger charge is -2.19. The van der Waals surface area contributed by atoms with E-state index in [4.69, 9.17) is 4.74 Å². The molecule has 0 spiro atoms. The van der Waals surface area contributed by atoms with Crippen LogP contribution in [0.5, 0.6) is 0 Å². The van der Waals surface area contributed by atoms with Gasteiger partial charge >= 0.3 is 5.97 Å². The highest BCUT2D eigenvalue weighted by Gasteiger charge is 2.22. The zero-order valence-corrected chi connectivity index (χ0v) is 16.5. The van der Waals surface area contributed by atoms with Crippen molar-refractivity contribution in [3.8, 4) is 0 Å². The minimum atomic E-state index is -0.876. The standard InChI is InChI=1S/C21H30N2O4/c1-14-10-11-17(12-15(14)2)21(26)22-13-19(24)27-16(3)20(25)23-18-8-6-4-5-7-9-18/h10-12,16,18H,4-9,13H2,1-3H3,(H,22,26)(H,23,25). The minimum Gasteiger partial charge on any atom is -0.451 e. The number of carbonyl (C=O) groups is 3. The summed E-state index contributed by atoms with van der Waals surface area (Å²) < 4.78 is 5.15. The Bertz CT molecular complexity index is 679. The Balaban J connectivity index is 1.75. The van der Waals surface area contributed by atoms with E-state index in [0.717, 1.165) is 36.8 Å². The van der Waals surface area contributed by atoms with Gasteiger partial charge in [0, 0.05) is 11.6 Å². The average Bonchev–Trinajstić information content (AvgIpc) is 2.90. The van der Waals surface area contributed by atoms with E-state index < -0.39 is 12.1 Å². The van der Waals surface area contributed by atoms with Crippen LogP contribution in [0.25, 0.3) is 0 Å². The van der Waals surface area contributed by atoms with Gasteiger partial charge in [-0.05, 0) is 56.9 Å². The molecule has 148 valence electrons. The molecule has 1 aliphatic carbocycles. The van der Waals surface area contributed by atoms with Gasteiger partial charge < -0.3 is 15.4 Å². The lowest BCUT2D eigenvalue weighted by molar-refractivity contribution is -0.154. The van der Waals surface area contributed by atoms with Crippen LogP contribution in [0, 0.1) is 13.8 Å². The fourth-order valence-corrected chi connectivity index (χ4v) is 3.17. The van der Waals surface area contributed by atoms with Gasteiger partial charge in [0.15, 0.2) is 6.10 Å². The number of hydrogen-bond acceptors (Lipinski definition) is 4. The van der Waals surface area contributed by atoms with Crippen molar-refractivity contribution in [2.45, 2.75) is 71.4 Å². The zero-order valence-electron chi connectivity index (χ0n) is 16.5. The summed E-state index contributed by atoms with van der Waals surface area (Å²) in [6.45, 7) is 5.17. The summed E-state index contributed by atoms with van der Waals surface area (Å²) in [5.74, 6) is -1.25. The highest BCUT2D eigenvalue weighted by Crippen LogP contribution is 2.17. The topological polar surface area (TPSA) is 84.5 Å². The maximum Gasteiger partial charge on any atom is 0.326 e. The quantitative estimate of drug-likeness (QED) is 0.592. The first-order valence-electron chi connectivity index (χ1n) is 9.72. The highest BCUT2D eigenvalue weighted by atomic mass is 16.5. The molecule has 2 N–H and O–H groups in total. The van der Waals surface area contributed by atoms with Crippen molar-refractivity contribution in [3.63, 3.8) is 0 Å². The smallest absolute Gasteiger partial charge is 0.326 e. The number of carbonyl (C=O) groups excluding carboxylic acids is 3. The molecule has 1 atom stereocenters. The second-order valence-electron chi connectivity index (χ2n) is 7.31. The fraction of sp³-hybridized carbons (Fsp3) is 0.571. The van der Waals surface area contributed by atoms with E-state index in [2.05, 4.69) is 10.6 Å². The second-order valence-corrected chi connectivity index (χ2v) is 7.31. The van der Waals surface area contributed by atoms with Crippen molar-refractivity contribution < 1.29 is 19.1 Å². The summed E-state index contributed by atoms with van der Waals surface area (Å²) in [6, 6.07) is 5.51. The van der Waals surface area contributed by atoms with Crippen molar-refractivity contribution in [2.75, 3.05) is 6.54 Å². The van der Waals surface area contributed by atoms with Crippen molar-refractivity contribution in [1.29, 1.82) is 0 Å². The number of ether oxygens (including phenoxy) is 1.